The minimum atomic E-state index is -1.11. The molecule has 0 radical (unpaired) electrons. The van der Waals surface area contributed by atoms with Crippen LogP contribution in [0.2, 0.25) is 5.02 Å². The van der Waals surface area contributed by atoms with Gasteiger partial charge >= 0.3 is 0 Å². The van der Waals surface area contributed by atoms with Crippen molar-refractivity contribution in [2.24, 2.45) is 0 Å². The maximum atomic E-state index is 12.5. The summed E-state index contributed by atoms with van der Waals surface area (Å²) in [7, 11) is 0. The van der Waals surface area contributed by atoms with Gasteiger partial charge < -0.3 is 19.6 Å². The second-order valence-electron chi connectivity index (χ2n) is 6.51. The normalized spacial score (nSPS) is 12.6. The van der Waals surface area contributed by atoms with E-state index in [9.17, 15) is 9.90 Å². The van der Waals surface area contributed by atoms with Crippen molar-refractivity contribution in [2.45, 2.75) is 25.6 Å². The first-order valence-electron chi connectivity index (χ1n) is 8.38. The molecule has 2 N–H and O–H groups in total. The number of benzene rings is 1. The Kier molecular flexibility index (Phi) is 5.89. The number of furan rings is 1. The molecule has 0 aliphatic carbocycles. The van der Waals surface area contributed by atoms with E-state index < -0.39 is 11.7 Å². The number of nitrogens with one attached hydrogen (secondary N) is 1. The minimum absolute atomic E-state index is 0.0167. The second-order valence-corrected chi connectivity index (χ2v) is 7.72. The molecule has 0 unspecified atom stereocenters. The highest BCUT2D eigenvalue weighted by Crippen LogP contribution is 2.27. The van der Waals surface area contributed by atoms with Gasteiger partial charge in [0.25, 0.3) is 5.91 Å². The lowest BCUT2D eigenvalue weighted by molar-refractivity contribution is -0.134. The lowest BCUT2D eigenvalue weighted by Crippen LogP contribution is -2.47. The van der Waals surface area contributed by atoms with Crippen LogP contribution in [0.25, 0.3) is 11.3 Å². The first-order chi connectivity index (χ1) is 12.8. The standard InChI is InChI=1S/C20H20ClNO4S/c1-20(2,26-15-5-3-14(21)4-6-15)19(24)22-11-16(23)18-8-7-17(25-18)13-9-10-27-12-13/h3-10,12,16,23H,11H2,1-2H3,(H,22,24)/t16-/m0/s1. The van der Waals surface area contributed by atoms with Crippen LogP contribution in [0.15, 0.2) is 57.6 Å². The molecule has 0 spiro atoms. The zero-order chi connectivity index (χ0) is 19.4. The maximum absolute atomic E-state index is 12.5. The Balaban J connectivity index is 1.56. The third-order valence-electron chi connectivity index (χ3n) is 3.95. The Morgan fingerprint density at radius 2 is 2.00 bits per heavy atom. The molecular weight excluding hydrogens is 386 g/mol. The van der Waals surface area contributed by atoms with E-state index >= 15 is 0 Å². The van der Waals surface area contributed by atoms with Crippen LogP contribution in [0.5, 0.6) is 5.75 Å². The Bertz CT molecular complexity index is 887. The van der Waals surface area contributed by atoms with E-state index in [2.05, 4.69) is 5.32 Å². The number of rotatable bonds is 7. The average Bonchev–Trinajstić information content (AvgIpc) is 3.32. The number of aliphatic hydroxyl groups excluding tert-OH is 1. The first kappa shape index (κ1) is 19.5. The van der Waals surface area contributed by atoms with E-state index in [0.717, 1.165) is 5.56 Å². The minimum Gasteiger partial charge on any atom is -0.478 e. The quantitative estimate of drug-likeness (QED) is 0.599. The third-order valence-corrected chi connectivity index (χ3v) is 4.89. The monoisotopic (exact) mass is 405 g/mol. The van der Waals surface area contributed by atoms with Crippen LogP contribution in [-0.2, 0) is 4.79 Å². The van der Waals surface area contributed by atoms with E-state index in [1.807, 2.05) is 16.8 Å². The molecule has 7 heteroatoms. The van der Waals surface area contributed by atoms with Crippen molar-refractivity contribution in [3.63, 3.8) is 0 Å². The van der Waals surface area contributed by atoms with Gasteiger partial charge in [-0.15, -0.1) is 0 Å². The molecule has 2 aromatic heterocycles. The van der Waals surface area contributed by atoms with Gasteiger partial charge in [-0.1, -0.05) is 11.6 Å². The van der Waals surface area contributed by atoms with Crippen LogP contribution in [0, 0.1) is 0 Å². The Morgan fingerprint density at radius 1 is 1.26 bits per heavy atom. The molecule has 27 heavy (non-hydrogen) atoms. The van der Waals surface area contributed by atoms with Gasteiger partial charge in [0.05, 0.1) is 6.54 Å². The predicted molar refractivity (Wildman–Crippen MR) is 106 cm³/mol. The van der Waals surface area contributed by atoms with E-state index in [4.69, 9.17) is 20.8 Å². The van der Waals surface area contributed by atoms with Gasteiger partial charge in [-0.05, 0) is 61.7 Å². The molecule has 1 amide bonds. The SMILES string of the molecule is CC(C)(Oc1ccc(Cl)cc1)C(=O)NC[C@H](O)c1ccc(-c2ccsc2)o1. The van der Waals surface area contributed by atoms with Gasteiger partial charge in [0.15, 0.2) is 5.60 Å². The third kappa shape index (κ3) is 4.91. The number of aliphatic hydroxyl groups is 1. The fourth-order valence-electron chi connectivity index (χ4n) is 2.44. The number of amides is 1. The second kappa shape index (κ2) is 8.17. The molecule has 3 rings (SSSR count). The molecule has 5 nitrogen and oxygen atoms in total. The fourth-order valence-corrected chi connectivity index (χ4v) is 3.21. The molecule has 0 fully saturated rings. The van der Waals surface area contributed by atoms with Crippen molar-refractivity contribution in [3.8, 4) is 17.1 Å². The van der Waals surface area contributed by atoms with Crippen LogP contribution < -0.4 is 10.1 Å². The van der Waals surface area contributed by atoms with Gasteiger partial charge in [-0.2, -0.15) is 11.3 Å². The van der Waals surface area contributed by atoms with Crippen molar-refractivity contribution in [3.05, 3.63) is 64.0 Å². The summed E-state index contributed by atoms with van der Waals surface area (Å²) >= 11 is 7.42. The lowest BCUT2D eigenvalue weighted by Gasteiger charge is -2.25. The molecule has 0 aliphatic heterocycles. The zero-order valence-electron chi connectivity index (χ0n) is 14.9. The largest absolute Gasteiger partial charge is 0.478 e. The number of halogens is 1. The van der Waals surface area contributed by atoms with Gasteiger partial charge in [-0.25, -0.2) is 0 Å². The summed E-state index contributed by atoms with van der Waals surface area (Å²) in [5, 5.41) is 17.5. The number of ether oxygens (including phenoxy) is 1. The predicted octanol–water partition coefficient (Wildman–Crippen LogP) is 4.67. The van der Waals surface area contributed by atoms with E-state index in [-0.39, 0.29) is 12.5 Å². The summed E-state index contributed by atoms with van der Waals surface area (Å²) in [5.41, 5.74) is -0.154. The average molecular weight is 406 g/mol. The van der Waals surface area contributed by atoms with Crippen LogP contribution >= 0.6 is 22.9 Å². The Hall–Kier alpha value is -2.28. The Labute approximate surface area is 166 Å². The molecule has 2 heterocycles. The number of carbonyl (C=O) groups excluding carboxylic acids is 1. The van der Waals surface area contributed by atoms with Gasteiger partial charge in [-0.3, -0.25) is 4.79 Å². The number of hydrogen-bond acceptors (Lipinski definition) is 5. The summed E-state index contributed by atoms with van der Waals surface area (Å²) in [6, 6.07) is 12.2. The molecule has 0 aliphatic rings. The maximum Gasteiger partial charge on any atom is 0.263 e. The van der Waals surface area contributed by atoms with Gasteiger partial charge in [0, 0.05) is 16.0 Å². The number of carbonyl (C=O) groups is 1. The number of hydrogen-bond donors (Lipinski definition) is 2. The van der Waals surface area contributed by atoms with Gasteiger partial charge in [0.1, 0.15) is 23.4 Å². The first-order valence-corrected chi connectivity index (χ1v) is 9.70. The van der Waals surface area contributed by atoms with Gasteiger partial charge in [0.2, 0.25) is 0 Å². The highest BCUT2D eigenvalue weighted by Gasteiger charge is 2.30. The molecule has 0 saturated carbocycles. The van der Waals surface area contributed by atoms with Crippen LogP contribution in [0.3, 0.4) is 0 Å². The van der Waals surface area contributed by atoms with E-state index in [0.29, 0.717) is 22.3 Å². The van der Waals surface area contributed by atoms with Crippen LogP contribution in [0.4, 0.5) is 0 Å². The molecule has 1 aromatic carbocycles. The summed E-state index contributed by atoms with van der Waals surface area (Å²) in [4.78, 5) is 12.5. The molecular formula is C20H20ClNO4S. The highest BCUT2D eigenvalue weighted by atomic mass is 35.5. The zero-order valence-corrected chi connectivity index (χ0v) is 16.5. The smallest absolute Gasteiger partial charge is 0.263 e. The molecule has 3 aromatic rings. The van der Waals surface area contributed by atoms with Crippen molar-refractivity contribution in [2.75, 3.05) is 6.54 Å². The number of thiophene rings is 1. The van der Waals surface area contributed by atoms with Crippen molar-refractivity contribution in [1.29, 1.82) is 0 Å². The molecule has 142 valence electrons. The molecule has 1 atom stereocenters. The molecule has 0 bridgehead atoms. The highest BCUT2D eigenvalue weighted by molar-refractivity contribution is 7.08. The molecule has 0 saturated heterocycles. The summed E-state index contributed by atoms with van der Waals surface area (Å²) in [6.45, 7) is 3.33. The van der Waals surface area contributed by atoms with Crippen LogP contribution in [-0.4, -0.2) is 23.2 Å². The van der Waals surface area contributed by atoms with Crippen molar-refractivity contribution >= 4 is 28.8 Å². The van der Waals surface area contributed by atoms with Crippen molar-refractivity contribution < 1.29 is 19.1 Å². The Morgan fingerprint density at radius 3 is 2.67 bits per heavy atom. The lowest BCUT2D eigenvalue weighted by atomic mass is 10.1. The summed E-state index contributed by atoms with van der Waals surface area (Å²) in [6.07, 6.45) is -0.951. The van der Waals surface area contributed by atoms with Crippen LogP contribution in [0.1, 0.15) is 25.7 Å². The fraction of sp³-hybridized carbons (Fsp3) is 0.250. The topological polar surface area (TPSA) is 71.7 Å². The van der Waals surface area contributed by atoms with E-state index in [1.165, 1.54) is 0 Å². The van der Waals surface area contributed by atoms with E-state index in [1.54, 1.807) is 61.6 Å². The summed E-state index contributed by atoms with van der Waals surface area (Å²) in [5.74, 6) is 1.27. The summed E-state index contributed by atoms with van der Waals surface area (Å²) < 4.78 is 11.4. The van der Waals surface area contributed by atoms with Crippen molar-refractivity contribution in [1.82, 2.24) is 5.32 Å².